The first-order valence-electron chi connectivity index (χ1n) is 6.02. The fourth-order valence-electron chi connectivity index (χ4n) is 1.85. The summed E-state index contributed by atoms with van der Waals surface area (Å²) in [5, 5.41) is 11.9. The number of aryl methyl sites for hydroxylation is 1. The van der Waals surface area contributed by atoms with Gasteiger partial charge in [0.15, 0.2) is 0 Å². The molecule has 4 N–H and O–H groups in total. The maximum absolute atomic E-state index is 8.81. The zero-order chi connectivity index (χ0) is 13.0. The van der Waals surface area contributed by atoms with Gasteiger partial charge in [0.1, 0.15) is 0 Å². The van der Waals surface area contributed by atoms with Crippen molar-refractivity contribution in [3.63, 3.8) is 0 Å². The Bertz CT molecular complexity index is 521. The van der Waals surface area contributed by atoms with Crippen LogP contribution in [0.5, 0.6) is 0 Å². The number of nitrogens with two attached hydrogens (primary N) is 1. The van der Waals surface area contributed by atoms with Crippen molar-refractivity contribution in [3.05, 3.63) is 48.0 Å². The summed E-state index contributed by atoms with van der Waals surface area (Å²) < 4.78 is 0. The predicted octanol–water partition coefficient (Wildman–Crippen LogP) is 2.65. The van der Waals surface area contributed by atoms with Crippen LogP contribution in [0.15, 0.2) is 42.5 Å². The lowest BCUT2D eigenvalue weighted by atomic mass is 10.0. The molecule has 2 aromatic carbocycles. The molecule has 2 aromatic rings. The maximum Gasteiger partial charge on any atom is 0.0604 e. The lowest BCUT2D eigenvalue weighted by Gasteiger charge is -2.10. The van der Waals surface area contributed by atoms with Crippen LogP contribution in [0.25, 0.3) is 11.1 Å². The van der Waals surface area contributed by atoms with E-state index in [2.05, 4.69) is 36.5 Å². The van der Waals surface area contributed by atoms with Gasteiger partial charge in [-0.05, 0) is 30.7 Å². The highest BCUT2D eigenvalue weighted by Gasteiger charge is 2.03. The zero-order valence-corrected chi connectivity index (χ0v) is 10.5. The minimum Gasteiger partial charge on any atom is -0.398 e. The number of nitrogens with one attached hydrogen (secondary N) is 1. The molecule has 0 aromatic heterocycles. The summed E-state index contributed by atoms with van der Waals surface area (Å²) in [5.74, 6) is 0. The van der Waals surface area contributed by atoms with Crippen LogP contribution in [-0.2, 0) is 0 Å². The van der Waals surface area contributed by atoms with Gasteiger partial charge in [0.2, 0.25) is 0 Å². The molecule has 94 valence electrons. The summed E-state index contributed by atoms with van der Waals surface area (Å²) in [7, 11) is 0. The number of aliphatic hydroxyl groups is 1. The molecule has 3 nitrogen and oxygen atoms in total. The van der Waals surface area contributed by atoms with Crippen LogP contribution in [0.4, 0.5) is 11.4 Å². The number of benzene rings is 2. The van der Waals surface area contributed by atoms with Crippen LogP contribution >= 0.6 is 0 Å². The molecule has 0 aliphatic carbocycles. The first-order chi connectivity index (χ1) is 8.70. The minimum atomic E-state index is 0.115. The van der Waals surface area contributed by atoms with E-state index < -0.39 is 0 Å². The van der Waals surface area contributed by atoms with E-state index in [0.717, 1.165) is 22.5 Å². The molecule has 3 heteroatoms. The largest absolute Gasteiger partial charge is 0.398 e. The molecule has 0 amide bonds. The molecule has 0 heterocycles. The van der Waals surface area contributed by atoms with Crippen molar-refractivity contribution in [2.45, 2.75) is 6.92 Å². The van der Waals surface area contributed by atoms with Crippen molar-refractivity contribution in [1.29, 1.82) is 0 Å². The summed E-state index contributed by atoms with van der Waals surface area (Å²) in [6, 6.07) is 14.1. The highest BCUT2D eigenvalue weighted by molar-refractivity contribution is 5.79. The molecule has 2 rings (SSSR count). The first-order valence-corrected chi connectivity index (χ1v) is 6.02. The van der Waals surface area contributed by atoms with E-state index in [1.54, 1.807) is 0 Å². The van der Waals surface area contributed by atoms with Crippen LogP contribution in [0.1, 0.15) is 5.56 Å². The van der Waals surface area contributed by atoms with Crippen molar-refractivity contribution in [2.24, 2.45) is 0 Å². The predicted molar refractivity (Wildman–Crippen MR) is 76.6 cm³/mol. The van der Waals surface area contributed by atoms with Crippen LogP contribution < -0.4 is 11.1 Å². The Morgan fingerprint density at radius 2 is 1.83 bits per heavy atom. The van der Waals surface area contributed by atoms with Gasteiger partial charge >= 0.3 is 0 Å². The van der Waals surface area contributed by atoms with Gasteiger partial charge in [-0.2, -0.15) is 0 Å². The number of nitrogen functional groups attached to an aromatic ring is 1. The second-order valence-corrected chi connectivity index (χ2v) is 4.32. The Balaban J connectivity index is 2.33. The molecular formula is C15H18N2O. The summed E-state index contributed by atoms with van der Waals surface area (Å²) in [6.45, 7) is 2.72. The van der Waals surface area contributed by atoms with Gasteiger partial charge in [0, 0.05) is 23.5 Å². The van der Waals surface area contributed by atoms with Crippen LogP contribution in [0, 0.1) is 6.92 Å². The first kappa shape index (κ1) is 12.5. The van der Waals surface area contributed by atoms with E-state index in [1.165, 1.54) is 5.56 Å². The smallest absolute Gasteiger partial charge is 0.0604 e. The van der Waals surface area contributed by atoms with E-state index in [-0.39, 0.29) is 6.61 Å². The fourth-order valence-corrected chi connectivity index (χ4v) is 1.85. The van der Waals surface area contributed by atoms with E-state index in [1.807, 2.05) is 18.2 Å². The summed E-state index contributed by atoms with van der Waals surface area (Å²) in [4.78, 5) is 0. The molecule has 0 fully saturated rings. The molecule has 0 bridgehead atoms. The van der Waals surface area contributed by atoms with Crippen molar-refractivity contribution in [1.82, 2.24) is 0 Å². The average Bonchev–Trinajstić information content (AvgIpc) is 2.39. The topological polar surface area (TPSA) is 58.3 Å². The van der Waals surface area contributed by atoms with Gasteiger partial charge in [-0.25, -0.2) is 0 Å². The molecule has 0 radical (unpaired) electrons. The molecule has 0 saturated carbocycles. The number of rotatable bonds is 4. The fraction of sp³-hybridized carbons (Fsp3) is 0.200. The van der Waals surface area contributed by atoms with Gasteiger partial charge in [-0.1, -0.05) is 29.8 Å². The van der Waals surface area contributed by atoms with Gasteiger partial charge < -0.3 is 16.2 Å². The van der Waals surface area contributed by atoms with Gasteiger partial charge in [-0.3, -0.25) is 0 Å². The standard InChI is InChI=1S/C15H18N2O/c1-11-2-4-12(5-3-11)14-10-13(17-8-9-18)6-7-15(14)16/h2-7,10,17-18H,8-9,16H2,1H3. The van der Waals surface area contributed by atoms with E-state index in [0.29, 0.717) is 6.54 Å². The third-order valence-electron chi connectivity index (χ3n) is 2.86. The SMILES string of the molecule is Cc1ccc(-c2cc(NCCO)ccc2N)cc1. The Kier molecular flexibility index (Phi) is 3.85. The molecule has 0 unspecified atom stereocenters. The Hall–Kier alpha value is -2.00. The Morgan fingerprint density at radius 1 is 1.11 bits per heavy atom. The molecule has 0 saturated heterocycles. The molecule has 18 heavy (non-hydrogen) atoms. The van der Waals surface area contributed by atoms with Crippen molar-refractivity contribution < 1.29 is 5.11 Å². The van der Waals surface area contributed by atoms with E-state index in [4.69, 9.17) is 10.8 Å². The Morgan fingerprint density at radius 3 is 2.50 bits per heavy atom. The maximum atomic E-state index is 8.81. The molecule has 0 atom stereocenters. The lowest BCUT2D eigenvalue weighted by molar-refractivity contribution is 0.311. The highest BCUT2D eigenvalue weighted by Crippen LogP contribution is 2.28. The quantitative estimate of drug-likeness (QED) is 0.722. The number of hydrogen-bond donors (Lipinski definition) is 3. The van der Waals surface area contributed by atoms with Crippen LogP contribution in [0.3, 0.4) is 0 Å². The zero-order valence-electron chi connectivity index (χ0n) is 10.5. The average molecular weight is 242 g/mol. The van der Waals surface area contributed by atoms with Crippen molar-refractivity contribution >= 4 is 11.4 Å². The van der Waals surface area contributed by atoms with Gasteiger partial charge in [0.05, 0.1) is 6.61 Å². The lowest BCUT2D eigenvalue weighted by Crippen LogP contribution is -2.05. The van der Waals surface area contributed by atoms with E-state index in [9.17, 15) is 0 Å². The third kappa shape index (κ3) is 2.81. The molecule has 0 aliphatic rings. The highest BCUT2D eigenvalue weighted by atomic mass is 16.3. The van der Waals surface area contributed by atoms with Crippen molar-refractivity contribution in [2.75, 3.05) is 24.2 Å². The van der Waals surface area contributed by atoms with E-state index >= 15 is 0 Å². The molecule has 0 spiro atoms. The van der Waals surface area contributed by atoms with Crippen LogP contribution in [-0.4, -0.2) is 18.3 Å². The summed E-state index contributed by atoms with van der Waals surface area (Å²) in [5.41, 5.74) is 11.1. The van der Waals surface area contributed by atoms with Crippen LogP contribution in [0.2, 0.25) is 0 Å². The van der Waals surface area contributed by atoms with Gasteiger partial charge in [0.25, 0.3) is 0 Å². The third-order valence-corrected chi connectivity index (χ3v) is 2.86. The second kappa shape index (κ2) is 5.56. The summed E-state index contributed by atoms with van der Waals surface area (Å²) >= 11 is 0. The second-order valence-electron chi connectivity index (χ2n) is 4.32. The molecular weight excluding hydrogens is 224 g/mol. The number of aliphatic hydroxyl groups excluding tert-OH is 1. The Labute approximate surface area is 107 Å². The molecule has 0 aliphatic heterocycles. The minimum absolute atomic E-state index is 0.115. The number of anilines is 2. The normalized spacial score (nSPS) is 10.3. The van der Waals surface area contributed by atoms with Gasteiger partial charge in [-0.15, -0.1) is 0 Å². The van der Waals surface area contributed by atoms with Crippen molar-refractivity contribution in [3.8, 4) is 11.1 Å². The monoisotopic (exact) mass is 242 g/mol. The summed E-state index contributed by atoms with van der Waals surface area (Å²) in [6.07, 6.45) is 0. The number of hydrogen-bond acceptors (Lipinski definition) is 3.